The number of alkyl halides is 3. The van der Waals surface area contributed by atoms with Crippen molar-refractivity contribution in [3.8, 4) is 17.1 Å². The topological polar surface area (TPSA) is 56.2 Å². The van der Waals surface area contributed by atoms with Gasteiger partial charge in [0, 0.05) is 11.3 Å². The van der Waals surface area contributed by atoms with Gasteiger partial charge in [-0.2, -0.15) is 0 Å². The first-order chi connectivity index (χ1) is 14.4. The van der Waals surface area contributed by atoms with Gasteiger partial charge in [0.05, 0.1) is 11.0 Å². The van der Waals surface area contributed by atoms with Gasteiger partial charge in [0.25, 0.3) is 0 Å². The van der Waals surface area contributed by atoms with E-state index in [9.17, 15) is 18.0 Å². The fraction of sp³-hybridized carbons (Fsp3) is 0.0909. The van der Waals surface area contributed by atoms with E-state index in [4.69, 9.17) is 0 Å². The number of anilines is 1. The molecule has 152 valence electrons. The second-order valence-corrected chi connectivity index (χ2v) is 6.50. The van der Waals surface area contributed by atoms with E-state index < -0.39 is 6.36 Å². The predicted molar refractivity (Wildman–Crippen MR) is 107 cm³/mol. The maximum Gasteiger partial charge on any atom is 0.573 e. The molecule has 1 aromatic heterocycles. The molecule has 0 aliphatic carbocycles. The van der Waals surface area contributed by atoms with Gasteiger partial charge in [-0.25, -0.2) is 4.98 Å². The van der Waals surface area contributed by atoms with E-state index in [2.05, 4.69) is 15.0 Å². The molecule has 4 rings (SSSR count). The number of hydrogen-bond donors (Lipinski definition) is 1. The summed E-state index contributed by atoms with van der Waals surface area (Å²) in [5.41, 5.74) is 2.80. The van der Waals surface area contributed by atoms with Crippen molar-refractivity contribution in [2.24, 2.45) is 0 Å². The van der Waals surface area contributed by atoms with Crippen molar-refractivity contribution in [1.29, 1.82) is 0 Å². The van der Waals surface area contributed by atoms with Crippen LogP contribution in [-0.2, 0) is 11.3 Å². The van der Waals surface area contributed by atoms with Crippen LogP contribution in [0.25, 0.3) is 22.4 Å². The number of hydrogen-bond acceptors (Lipinski definition) is 3. The van der Waals surface area contributed by atoms with Gasteiger partial charge in [0.1, 0.15) is 18.1 Å². The third-order valence-electron chi connectivity index (χ3n) is 4.36. The Morgan fingerprint density at radius 2 is 1.60 bits per heavy atom. The SMILES string of the molecule is O=C(Cn1c(-c2ccccc2)nc2ccccc21)Nc1ccc(OC(F)(F)F)cc1. The standard InChI is InChI=1S/C22H16F3N3O2/c23-22(24,25)30-17-12-10-16(11-13-17)26-20(29)14-28-19-9-5-4-8-18(19)27-21(28)15-6-2-1-3-7-15/h1-13H,14H2,(H,26,29). The Hall–Kier alpha value is -3.81. The molecular formula is C22H16F3N3O2. The van der Waals surface area contributed by atoms with Gasteiger partial charge in [-0.15, -0.1) is 13.2 Å². The van der Waals surface area contributed by atoms with Crippen LogP contribution in [0.15, 0.2) is 78.9 Å². The molecule has 8 heteroatoms. The lowest BCUT2D eigenvalue weighted by molar-refractivity contribution is -0.274. The summed E-state index contributed by atoms with van der Waals surface area (Å²) < 4.78 is 42.4. The van der Waals surface area contributed by atoms with Crippen LogP contribution in [0.5, 0.6) is 5.75 Å². The number of ether oxygens (including phenoxy) is 1. The van der Waals surface area contributed by atoms with Gasteiger partial charge in [-0.3, -0.25) is 4.79 Å². The highest BCUT2D eigenvalue weighted by Crippen LogP contribution is 2.26. The number of para-hydroxylation sites is 2. The second-order valence-electron chi connectivity index (χ2n) is 6.50. The minimum Gasteiger partial charge on any atom is -0.406 e. The average molecular weight is 411 g/mol. The molecule has 0 atom stereocenters. The average Bonchev–Trinajstić information content (AvgIpc) is 3.07. The van der Waals surface area contributed by atoms with Crippen LogP contribution in [-0.4, -0.2) is 21.8 Å². The number of carbonyl (C=O) groups excluding carboxylic acids is 1. The van der Waals surface area contributed by atoms with Gasteiger partial charge in [-0.1, -0.05) is 42.5 Å². The molecule has 30 heavy (non-hydrogen) atoms. The van der Waals surface area contributed by atoms with E-state index in [-0.39, 0.29) is 18.2 Å². The number of amides is 1. The number of nitrogens with one attached hydrogen (secondary N) is 1. The van der Waals surface area contributed by atoms with E-state index in [1.807, 2.05) is 54.6 Å². The Morgan fingerprint density at radius 1 is 0.933 bits per heavy atom. The first kappa shape index (κ1) is 19.5. The Balaban J connectivity index is 1.56. The van der Waals surface area contributed by atoms with Gasteiger partial charge < -0.3 is 14.6 Å². The minimum atomic E-state index is -4.76. The van der Waals surface area contributed by atoms with Crippen molar-refractivity contribution in [1.82, 2.24) is 9.55 Å². The molecule has 5 nitrogen and oxygen atoms in total. The second kappa shape index (κ2) is 7.90. The van der Waals surface area contributed by atoms with E-state index in [1.54, 1.807) is 4.57 Å². The zero-order valence-electron chi connectivity index (χ0n) is 15.6. The molecule has 0 radical (unpaired) electrons. The molecule has 0 fully saturated rings. The molecule has 0 aliphatic rings. The lowest BCUT2D eigenvalue weighted by atomic mass is 10.2. The Morgan fingerprint density at radius 3 is 2.30 bits per heavy atom. The van der Waals surface area contributed by atoms with Crippen LogP contribution in [0.3, 0.4) is 0 Å². The molecule has 4 aromatic rings. The van der Waals surface area contributed by atoms with Crippen LogP contribution in [0.4, 0.5) is 18.9 Å². The Labute approximate surface area is 169 Å². The molecule has 1 amide bonds. The number of fused-ring (bicyclic) bond motifs is 1. The van der Waals surface area contributed by atoms with Crippen molar-refractivity contribution < 1.29 is 22.7 Å². The van der Waals surface area contributed by atoms with Crippen LogP contribution >= 0.6 is 0 Å². The number of benzene rings is 3. The van der Waals surface area contributed by atoms with E-state index in [0.717, 1.165) is 28.7 Å². The van der Waals surface area contributed by atoms with Crippen LogP contribution in [0.1, 0.15) is 0 Å². The van der Waals surface area contributed by atoms with E-state index in [1.165, 1.54) is 12.1 Å². The third kappa shape index (κ3) is 4.43. The van der Waals surface area contributed by atoms with Gasteiger partial charge in [0.15, 0.2) is 0 Å². The molecule has 0 bridgehead atoms. The van der Waals surface area contributed by atoms with Crippen LogP contribution < -0.4 is 10.1 Å². The Kier molecular flexibility index (Phi) is 5.14. The summed E-state index contributed by atoms with van der Waals surface area (Å²) in [5, 5.41) is 2.69. The van der Waals surface area contributed by atoms with Crippen molar-refractivity contribution in [3.05, 3.63) is 78.9 Å². The van der Waals surface area contributed by atoms with E-state index >= 15 is 0 Å². The summed E-state index contributed by atoms with van der Waals surface area (Å²) in [6.07, 6.45) is -4.76. The first-order valence-corrected chi connectivity index (χ1v) is 9.05. The van der Waals surface area contributed by atoms with Crippen molar-refractivity contribution >= 4 is 22.6 Å². The quantitative estimate of drug-likeness (QED) is 0.489. The third-order valence-corrected chi connectivity index (χ3v) is 4.36. The monoisotopic (exact) mass is 411 g/mol. The molecule has 0 aliphatic heterocycles. The zero-order valence-corrected chi connectivity index (χ0v) is 15.6. The summed E-state index contributed by atoms with van der Waals surface area (Å²) >= 11 is 0. The number of imidazole rings is 1. The van der Waals surface area contributed by atoms with Crippen molar-refractivity contribution in [2.75, 3.05) is 5.32 Å². The highest BCUT2D eigenvalue weighted by Gasteiger charge is 2.31. The molecule has 1 N–H and O–H groups in total. The molecule has 0 saturated carbocycles. The lowest BCUT2D eigenvalue weighted by Crippen LogP contribution is -2.19. The minimum absolute atomic E-state index is 0.00839. The number of carbonyl (C=O) groups is 1. The Bertz CT molecular complexity index is 1170. The smallest absolute Gasteiger partial charge is 0.406 e. The normalized spacial score (nSPS) is 11.4. The molecule has 3 aromatic carbocycles. The summed E-state index contributed by atoms with van der Waals surface area (Å²) in [7, 11) is 0. The van der Waals surface area contributed by atoms with Gasteiger partial charge >= 0.3 is 6.36 Å². The highest BCUT2D eigenvalue weighted by molar-refractivity contribution is 5.92. The summed E-state index contributed by atoms with van der Waals surface area (Å²) in [6.45, 7) is -0.00839. The van der Waals surface area contributed by atoms with Crippen molar-refractivity contribution in [2.45, 2.75) is 12.9 Å². The molecule has 1 heterocycles. The molecule has 0 saturated heterocycles. The summed E-state index contributed by atoms with van der Waals surface area (Å²) in [4.78, 5) is 17.3. The van der Waals surface area contributed by atoms with Crippen LogP contribution in [0.2, 0.25) is 0 Å². The first-order valence-electron chi connectivity index (χ1n) is 9.05. The maximum absolute atomic E-state index is 12.6. The number of halogens is 3. The summed E-state index contributed by atoms with van der Waals surface area (Å²) in [5.74, 6) is -0.0341. The molecule has 0 spiro atoms. The zero-order chi connectivity index (χ0) is 21.1. The molecule has 0 unspecified atom stereocenters. The van der Waals surface area contributed by atoms with E-state index in [0.29, 0.717) is 11.5 Å². The predicted octanol–water partition coefficient (Wildman–Crippen LogP) is 5.24. The van der Waals surface area contributed by atoms with Gasteiger partial charge in [0.2, 0.25) is 5.91 Å². The fourth-order valence-electron chi connectivity index (χ4n) is 3.13. The largest absolute Gasteiger partial charge is 0.573 e. The number of aromatic nitrogens is 2. The fourth-order valence-corrected chi connectivity index (χ4v) is 3.13. The number of nitrogens with zero attached hydrogens (tertiary/aromatic N) is 2. The summed E-state index contributed by atoms with van der Waals surface area (Å²) in [6, 6.07) is 22.0. The molecular weight excluding hydrogens is 395 g/mol. The maximum atomic E-state index is 12.6. The van der Waals surface area contributed by atoms with Crippen LogP contribution in [0, 0.1) is 0 Å². The lowest BCUT2D eigenvalue weighted by Gasteiger charge is -2.11. The number of rotatable bonds is 5. The van der Waals surface area contributed by atoms with Gasteiger partial charge in [-0.05, 0) is 36.4 Å². The highest BCUT2D eigenvalue weighted by atomic mass is 19.4. The van der Waals surface area contributed by atoms with Crippen molar-refractivity contribution in [3.63, 3.8) is 0 Å².